The van der Waals surface area contributed by atoms with Crippen LogP contribution >= 0.6 is 23.2 Å². The minimum atomic E-state index is -0.309. The van der Waals surface area contributed by atoms with Crippen LogP contribution in [-0.4, -0.2) is 78.3 Å². The lowest BCUT2D eigenvalue weighted by atomic mass is 9.98. The van der Waals surface area contributed by atoms with Crippen LogP contribution in [0.4, 0.5) is 0 Å². The molecule has 9 heteroatoms. The Morgan fingerprint density at radius 2 is 1.78 bits per heavy atom. The minimum Gasteiger partial charge on any atom is -0.379 e. The van der Waals surface area contributed by atoms with Crippen LogP contribution < -0.4 is 0 Å². The van der Waals surface area contributed by atoms with Gasteiger partial charge in [0.1, 0.15) is 6.54 Å². The van der Waals surface area contributed by atoms with Crippen molar-refractivity contribution in [1.82, 2.24) is 14.8 Å². The molecular formula is C27H32Cl2N4O3. The monoisotopic (exact) mass is 530 g/mol. The molecule has 1 saturated heterocycles. The van der Waals surface area contributed by atoms with Crippen molar-refractivity contribution in [3.05, 3.63) is 69.7 Å². The quantitative estimate of drug-likeness (QED) is 0.504. The van der Waals surface area contributed by atoms with Gasteiger partial charge in [0.05, 0.1) is 25.0 Å². The van der Waals surface area contributed by atoms with Crippen LogP contribution in [-0.2, 0) is 14.3 Å². The van der Waals surface area contributed by atoms with Crippen molar-refractivity contribution in [2.45, 2.75) is 26.3 Å². The van der Waals surface area contributed by atoms with E-state index < -0.39 is 0 Å². The van der Waals surface area contributed by atoms with E-state index in [1.807, 2.05) is 62.4 Å². The van der Waals surface area contributed by atoms with Gasteiger partial charge in [0.2, 0.25) is 5.91 Å². The van der Waals surface area contributed by atoms with E-state index in [1.165, 1.54) is 5.01 Å². The van der Waals surface area contributed by atoms with Gasteiger partial charge in [0.15, 0.2) is 0 Å². The standard InChI is InChI=1S/C27H32Cl2N4O3/c1-19(2)27(35)32(12-11-31-13-15-36-16-14-31)18-26(34)33-25(20-7-9-21(28)10-8-20)17-24(30-33)22-5-3-4-6-23(22)29/h3-10,19,25H,11-18H2,1-2H3/t25-/m0/s1. The number of carbonyl (C=O) groups is 2. The first-order valence-electron chi connectivity index (χ1n) is 12.3. The summed E-state index contributed by atoms with van der Waals surface area (Å²) in [5.41, 5.74) is 2.47. The number of amides is 2. The molecule has 2 aromatic carbocycles. The molecule has 0 saturated carbocycles. The van der Waals surface area contributed by atoms with Crippen molar-refractivity contribution in [3.8, 4) is 0 Å². The van der Waals surface area contributed by atoms with Crippen LogP contribution in [0.25, 0.3) is 0 Å². The van der Waals surface area contributed by atoms with Gasteiger partial charge in [-0.05, 0) is 23.8 Å². The van der Waals surface area contributed by atoms with Gasteiger partial charge in [0.25, 0.3) is 5.91 Å². The van der Waals surface area contributed by atoms with Crippen molar-refractivity contribution in [1.29, 1.82) is 0 Å². The number of hydrogen-bond donors (Lipinski definition) is 0. The third kappa shape index (κ3) is 6.45. The topological polar surface area (TPSA) is 65.5 Å². The number of rotatable bonds is 8. The summed E-state index contributed by atoms with van der Waals surface area (Å²) in [6.07, 6.45) is 0.517. The molecule has 1 atom stereocenters. The Morgan fingerprint density at radius 1 is 1.08 bits per heavy atom. The molecule has 36 heavy (non-hydrogen) atoms. The molecule has 2 heterocycles. The van der Waals surface area contributed by atoms with Gasteiger partial charge in [-0.1, -0.05) is 67.4 Å². The maximum Gasteiger partial charge on any atom is 0.262 e. The summed E-state index contributed by atoms with van der Waals surface area (Å²) in [6, 6.07) is 14.6. The van der Waals surface area contributed by atoms with Gasteiger partial charge >= 0.3 is 0 Å². The first-order valence-corrected chi connectivity index (χ1v) is 13.1. The average molecular weight is 531 g/mol. The number of hydrazone groups is 1. The molecule has 0 aliphatic carbocycles. The summed E-state index contributed by atoms with van der Waals surface area (Å²) in [5, 5.41) is 7.45. The zero-order chi connectivity index (χ0) is 25.7. The Labute approximate surface area is 222 Å². The molecule has 2 aromatic rings. The third-order valence-electron chi connectivity index (χ3n) is 6.53. The zero-order valence-corrected chi connectivity index (χ0v) is 22.2. The first kappa shape index (κ1) is 26.6. The highest BCUT2D eigenvalue weighted by Crippen LogP contribution is 2.35. The van der Waals surface area contributed by atoms with Crippen molar-refractivity contribution in [2.24, 2.45) is 11.0 Å². The van der Waals surface area contributed by atoms with Crippen molar-refractivity contribution in [2.75, 3.05) is 45.9 Å². The van der Waals surface area contributed by atoms with Crippen molar-refractivity contribution < 1.29 is 14.3 Å². The Bertz CT molecular complexity index is 1100. The highest BCUT2D eigenvalue weighted by Gasteiger charge is 2.35. The third-order valence-corrected chi connectivity index (χ3v) is 7.11. The lowest BCUT2D eigenvalue weighted by Crippen LogP contribution is -2.47. The van der Waals surface area contributed by atoms with Crippen LogP contribution in [0.5, 0.6) is 0 Å². The predicted molar refractivity (Wildman–Crippen MR) is 142 cm³/mol. The summed E-state index contributed by atoms with van der Waals surface area (Å²) in [7, 11) is 0. The summed E-state index contributed by atoms with van der Waals surface area (Å²) in [4.78, 5) is 30.6. The van der Waals surface area contributed by atoms with Gasteiger partial charge in [-0.15, -0.1) is 0 Å². The second kappa shape index (κ2) is 12.2. The molecule has 1 fully saturated rings. The number of morpholine rings is 1. The van der Waals surface area contributed by atoms with Crippen LogP contribution in [0, 0.1) is 5.92 Å². The molecule has 0 unspecified atom stereocenters. The molecule has 2 amide bonds. The molecule has 0 radical (unpaired) electrons. The summed E-state index contributed by atoms with van der Waals surface area (Å²) in [6.45, 7) is 7.88. The Morgan fingerprint density at radius 3 is 2.44 bits per heavy atom. The van der Waals surface area contributed by atoms with Crippen molar-refractivity contribution >= 4 is 40.7 Å². The van der Waals surface area contributed by atoms with Crippen LogP contribution in [0.2, 0.25) is 10.0 Å². The van der Waals surface area contributed by atoms with Gasteiger partial charge in [-0.25, -0.2) is 5.01 Å². The van der Waals surface area contributed by atoms with Crippen LogP contribution in [0.3, 0.4) is 0 Å². The smallest absolute Gasteiger partial charge is 0.262 e. The Kier molecular flexibility index (Phi) is 9.01. The van der Waals surface area contributed by atoms with Gasteiger partial charge in [0, 0.05) is 54.1 Å². The molecule has 2 aliphatic rings. The maximum absolute atomic E-state index is 13.7. The summed E-state index contributed by atoms with van der Waals surface area (Å²) in [5.74, 6) is -0.488. The van der Waals surface area contributed by atoms with E-state index in [-0.39, 0.29) is 30.3 Å². The number of ether oxygens (including phenoxy) is 1. The minimum absolute atomic E-state index is 0.0370. The largest absolute Gasteiger partial charge is 0.379 e. The molecule has 2 aliphatic heterocycles. The van der Waals surface area contributed by atoms with Gasteiger partial charge in [-0.2, -0.15) is 5.10 Å². The number of nitrogens with zero attached hydrogens (tertiary/aromatic N) is 4. The zero-order valence-electron chi connectivity index (χ0n) is 20.7. The number of halogens is 2. The van der Waals surface area contributed by atoms with E-state index in [0.717, 1.165) is 29.9 Å². The summed E-state index contributed by atoms with van der Waals surface area (Å²) < 4.78 is 5.42. The molecule has 0 bridgehead atoms. The number of benzene rings is 2. The highest BCUT2D eigenvalue weighted by molar-refractivity contribution is 6.34. The second-order valence-corrected chi connectivity index (χ2v) is 10.2. The maximum atomic E-state index is 13.7. The normalized spacial score (nSPS) is 18.4. The molecule has 7 nitrogen and oxygen atoms in total. The predicted octanol–water partition coefficient (Wildman–Crippen LogP) is 4.49. The van der Waals surface area contributed by atoms with E-state index in [0.29, 0.717) is 42.8 Å². The van der Waals surface area contributed by atoms with E-state index >= 15 is 0 Å². The fourth-order valence-electron chi connectivity index (χ4n) is 4.50. The molecule has 0 aromatic heterocycles. The lowest BCUT2D eigenvalue weighted by molar-refractivity contribution is -0.143. The molecule has 0 N–H and O–H groups in total. The van der Waals surface area contributed by atoms with Crippen LogP contribution in [0.1, 0.15) is 37.4 Å². The van der Waals surface area contributed by atoms with Crippen LogP contribution in [0.15, 0.2) is 53.6 Å². The molecule has 4 rings (SSSR count). The first-order chi connectivity index (χ1) is 17.3. The van der Waals surface area contributed by atoms with E-state index in [1.54, 1.807) is 4.90 Å². The number of carbonyl (C=O) groups excluding carboxylic acids is 2. The number of hydrogen-bond acceptors (Lipinski definition) is 5. The average Bonchev–Trinajstić information content (AvgIpc) is 3.32. The Balaban J connectivity index is 1.57. The van der Waals surface area contributed by atoms with E-state index in [9.17, 15) is 9.59 Å². The fraction of sp³-hybridized carbons (Fsp3) is 0.444. The molecule has 192 valence electrons. The lowest BCUT2D eigenvalue weighted by Gasteiger charge is -2.31. The SMILES string of the molecule is CC(C)C(=O)N(CCN1CCOCC1)CC(=O)N1N=C(c2ccccc2Cl)C[C@H]1c1ccc(Cl)cc1. The van der Waals surface area contributed by atoms with Gasteiger partial charge in [-0.3, -0.25) is 14.5 Å². The highest BCUT2D eigenvalue weighted by atomic mass is 35.5. The van der Waals surface area contributed by atoms with E-state index in [2.05, 4.69) is 4.90 Å². The fourth-order valence-corrected chi connectivity index (χ4v) is 4.87. The van der Waals surface area contributed by atoms with Crippen molar-refractivity contribution in [3.63, 3.8) is 0 Å². The van der Waals surface area contributed by atoms with Gasteiger partial charge < -0.3 is 9.64 Å². The second-order valence-electron chi connectivity index (χ2n) is 9.40. The molecular weight excluding hydrogens is 499 g/mol. The Hall–Kier alpha value is -2.45. The summed E-state index contributed by atoms with van der Waals surface area (Å²) >= 11 is 12.6. The van der Waals surface area contributed by atoms with E-state index in [4.69, 9.17) is 33.0 Å². The molecule has 0 spiro atoms.